The molecule has 0 rings (SSSR count). The maximum Gasteiger partial charge on any atom is 0.305 e. The molecule has 0 aromatic rings. The molecular weight excluding hydrogens is 905 g/mol. The standard InChI is InChI=1S/C52H104N2O4.C13H26O2/c1-6-11-16-20-21-24-29-39-50(40-30-25-22-23-26-32-42-52(57)58-48-49(37-15-10-5)38-28-17-12-7-2)53(46-36-47-55)43-35-27-31-41-51(56)54(44-33-18-13-8-3)45-34-19-14-9-4;1-3-5-7-8-10-13(9-6-4-2)11-15-12-14/h49-50,55H,6-48H2,1-5H3;12-13H,3-11H2,1-2H3. The Labute approximate surface area is 456 Å². The fourth-order valence-corrected chi connectivity index (χ4v) is 10.5. The zero-order valence-electron chi connectivity index (χ0n) is 50.5. The minimum absolute atomic E-state index is 0.00964. The summed E-state index contributed by atoms with van der Waals surface area (Å²) in [5, 5.41) is 9.81. The molecule has 0 heterocycles. The Morgan fingerprint density at radius 3 is 1.23 bits per heavy atom. The molecule has 3 atom stereocenters. The lowest BCUT2D eigenvalue weighted by molar-refractivity contribution is -0.145. The molecule has 0 aliphatic carbocycles. The Morgan fingerprint density at radius 2 is 0.753 bits per heavy atom. The molecule has 0 aromatic heterocycles. The van der Waals surface area contributed by atoms with Crippen LogP contribution in [-0.2, 0) is 23.9 Å². The van der Waals surface area contributed by atoms with Crippen molar-refractivity contribution >= 4 is 18.3 Å². The topological polar surface area (TPSA) is 96.4 Å². The third kappa shape index (κ3) is 52.2. The van der Waals surface area contributed by atoms with Gasteiger partial charge in [0.25, 0.3) is 6.47 Å². The number of aliphatic hydroxyl groups is 1. The highest BCUT2D eigenvalue weighted by Gasteiger charge is 2.19. The molecule has 8 heteroatoms. The lowest BCUT2D eigenvalue weighted by Crippen LogP contribution is -2.37. The lowest BCUT2D eigenvalue weighted by Gasteiger charge is -2.32. The summed E-state index contributed by atoms with van der Waals surface area (Å²) < 4.78 is 10.6. The van der Waals surface area contributed by atoms with E-state index in [2.05, 4.69) is 58.3 Å². The first-order valence-corrected chi connectivity index (χ1v) is 32.6. The number of carbonyl (C=O) groups is 3. The predicted octanol–water partition coefficient (Wildman–Crippen LogP) is 19.1. The van der Waals surface area contributed by atoms with Gasteiger partial charge < -0.3 is 24.4 Å². The Hall–Kier alpha value is -1.67. The molecule has 0 spiro atoms. The van der Waals surface area contributed by atoms with Crippen LogP contribution in [0.2, 0.25) is 0 Å². The van der Waals surface area contributed by atoms with E-state index in [4.69, 9.17) is 9.47 Å². The molecule has 0 bridgehead atoms. The van der Waals surface area contributed by atoms with Crippen molar-refractivity contribution in [1.29, 1.82) is 0 Å². The van der Waals surface area contributed by atoms with Crippen LogP contribution < -0.4 is 0 Å². The number of carbonyl (C=O) groups excluding carboxylic acids is 3. The number of esters is 1. The van der Waals surface area contributed by atoms with Gasteiger partial charge in [-0.1, -0.05) is 248 Å². The average molecular weight is 1040 g/mol. The number of aliphatic hydroxyl groups excluding tert-OH is 1. The van der Waals surface area contributed by atoms with E-state index in [1.165, 1.54) is 225 Å². The first-order chi connectivity index (χ1) is 35.8. The molecule has 436 valence electrons. The van der Waals surface area contributed by atoms with Gasteiger partial charge in [-0.05, 0) is 95.4 Å². The van der Waals surface area contributed by atoms with E-state index in [0.717, 1.165) is 77.5 Å². The quantitative estimate of drug-likeness (QED) is 0.0368. The van der Waals surface area contributed by atoms with Gasteiger partial charge in [-0.2, -0.15) is 0 Å². The molecule has 0 radical (unpaired) electrons. The SMILES string of the molecule is CCCCCCC(CCCC)COC=O.CCCCCCCCCC(CCCCCCCCC(=O)OCC(CCCC)CCCCCC)N(CCCO)CCCCCC(=O)N(CCCCCC)CCCCCC. The summed E-state index contributed by atoms with van der Waals surface area (Å²) in [4.78, 5) is 40.9. The fourth-order valence-electron chi connectivity index (χ4n) is 10.5. The van der Waals surface area contributed by atoms with E-state index in [9.17, 15) is 19.5 Å². The smallest absolute Gasteiger partial charge is 0.305 e. The van der Waals surface area contributed by atoms with Crippen LogP contribution >= 0.6 is 0 Å². The molecule has 0 aliphatic rings. The minimum Gasteiger partial charge on any atom is -0.468 e. The second-order valence-electron chi connectivity index (χ2n) is 22.5. The molecule has 0 saturated heterocycles. The van der Waals surface area contributed by atoms with Crippen LogP contribution in [0.25, 0.3) is 0 Å². The molecule has 1 N–H and O–H groups in total. The van der Waals surface area contributed by atoms with E-state index in [0.29, 0.717) is 56.3 Å². The van der Waals surface area contributed by atoms with E-state index >= 15 is 0 Å². The van der Waals surface area contributed by atoms with E-state index in [-0.39, 0.29) is 12.6 Å². The van der Waals surface area contributed by atoms with Gasteiger partial charge in [0, 0.05) is 45.1 Å². The third-order valence-electron chi connectivity index (χ3n) is 15.4. The van der Waals surface area contributed by atoms with Crippen molar-refractivity contribution < 1.29 is 29.0 Å². The molecule has 0 saturated carbocycles. The zero-order valence-corrected chi connectivity index (χ0v) is 50.5. The number of hydrogen-bond donors (Lipinski definition) is 1. The van der Waals surface area contributed by atoms with Gasteiger partial charge in [0.15, 0.2) is 0 Å². The number of nitrogens with zero attached hydrogens (tertiary/aromatic N) is 2. The second-order valence-corrected chi connectivity index (χ2v) is 22.5. The third-order valence-corrected chi connectivity index (χ3v) is 15.4. The minimum atomic E-state index is 0.00964. The molecule has 3 unspecified atom stereocenters. The highest BCUT2D eigenvalue weighted by molar-refractivity contribution is 5.76. The van der Waals surface area contributed by atoms with E-state index in [1.807, 2.05) is 0 Å². The van der Waals surface area contributed by atoms with Gasteiger partial charge in [0.2, 0.25) is 5.91 Å². The van der Waals surface area contributed by atoms with Crippen molar-refractivity contribution in [3.63, 3.8) is 0 Å². The maximum absolute atomic E-state index is 13.3. The number of amides is 1. The summed E-state index contributed by atoms with van der Waals surface area (Å²) in [6.07, 6.45) is 54.2. The van der Waals surface area contributed by atoms with Crippen LogP contribution in [-0.4, -0.2) is 85.3 Å². The van der Waals surface area contributed by atoms with Gasteiger partial charge in [0.1, 0.15) is 0 Å². The van der Waals surface area contributed by atoms with E-state index in [1.54, 1.807) is 0 Å². The Morgan fingerprint density at radius 1 is 0.397 bits per heavy atom. The number of unbranched alkanes of at least 4 members (excludes halogenated alkanes) is 27. The molecule has 0 aliphatic heterocycles. The van der Waals surface area contributed by atoms with Crippen molar-refractivity contribution in [3.8, 4) is 0 Å². The number of ether oxygens (including phenoxy) is 2. The van der Waals surface area contributed by atoms with Crippen molar-refractivity contribution in [3.05, 3.63) is 0 Å². The summed E-state index contributed by atoms with van der Waals surface area (Å²) in [6, 6.07) is 0.591. The highest BCUT2D eigenvalue weighted by atomic mass is 16.5. The molecule has 73 heavy (non-hydrogen) atoms. The Balaban J connectivity index is 0. The van der Waals surface area contributed by atoms with Crippen LogP contribution in [0.15, 0.2) is 0 Å². The Bertz CT molecular complexity index is 1090. The van der Waals surface area contributed by atoms with Crippen molar-refractivity contribution in [2.24, 2.45) is 11.8 Å². The van der Waals surface area contributed by atoms with Crippen molar-refractivity contribution in [1.82, 2.24) is 9.80 Å². The van der Waals surface area contributed by atoms with Crippen LogP contribution in [0.5, 0.6) is 0 Å². The number of rotatable bonds is 58. The summed E-state index contributed by atoms with van der Waals surface area (Å²) in [5.74, 6) is 1.51. The summed E-state index contributed by atoms with van der Waals surface area (Å²) in [6.45, 7) is 21.8. The van der Waals surface area contributed by atoms with Crippen LogP contribution in [0.4, 0.5) is 0 Å². The van der Waals surface area contributed by atoms with Crippen molar-refractivity contribution in [2.75, 3.05) is 46.0 Å². The largest absolute Gasteiger partial charge is 0.468 e. The van der Waals surface area contributed by atoms with Crippen LogP contribution in [0, 0.1) is 11.8 Å². The Kier molecular flexibility index (Phi) is 61.5. The average Bonchev–Trinajstić information content (AvgIpc) is 3.40. The monoisotopic (exact) mass is 1030 g/mol. The molecule has 1 amide bonds. The highest BCUT2D eigenvalue weighted by Crippen LogP contribution is 2.23. The second kappa shape index (κ2) is 61.2. The normalized spacial score (nSPS) is 12.6. The van der Waals surface area contributed by atoms with Gasteiger partial charge in [-0.3, -0.25) is 14.4 Å². The van der Waals surface area contributed by atoms with Crippen LogP contribution in [0.1, 0.15) is 337 Å². The summed E-state index contributed by atoms with van der Waals surface area (Å²) >= 11 is 0. The summed E-state index contributed by atoms with van der Waals surface area (Å²) in [5.41, 5.74) is 0. The fraction of sp³-hybridized carbons (Fsp3) is 0.954. The van der Waals surface area contributed by atoms with Crippen LogP contribution in [0.3, 0.4) is 0 Å². The van der Waals surface area contributed by atoms with Gasteiger partial charge in [-0.25, -0.2) is 0 Å². The van der Waals surface area contributed by atoms with Crippen molar-refractivity contribution in [2.45, 2.75) is 343 Å². The molecular formula is C65H130N2O6. The lowest BCUT2D eigenvalue weighted by atomic mass is 9.96. The first-order valence-electron chi connectivity index (χ1n) is 32.6. The zero-order chi connectivity index (χ0) is 53.9. The van der Waals surface area contributed by atoms with Gasteiger partial charge in [0.05, 0.1) is 13.2 Å². The molecule has 8 nitrogen and oxygen atoms in total. The molecule has 0 fully saturated rings. The number of hydrogen-bond acceptors (Lipinski definition) is 7. The van der Waals surface area contributed by atoms with Gasteiger partial charge >= 0.3 is 5.97 Å². The van der Waals surface area contributed by atoms with E-state index < -0.39 is 0 Å². The maximum atomic E-state index is 13.3. The summed E-state index contributed by atoms with van der Waals surface area (Å²) in [7, 11) is 0. The van der Waals surface area contributed by atoms with Gasteiger partial charge in [-0.15, -0.1) is 0 Å². The first kappa shape index (κ1) is 73.4. The predicted molar refractivity (Wildman–Crippen MR) is 316 cm³/mol. The molecule has 0 aromatic carbocycles.